The first kappa shape index (κ1) is 30.6. The number of aromatic nitrogens is 4. The molecule has 0 spiro atoms. The Morgan fingerprint density at radius 2 is 1.11 bits per heavy atom. The molecule has 0 bridgehead atoms. The Bertz CT molecular complexity index is 1810. The van der Waals surface area contributed by atoms with Crippen LogP contribution in [0.25, 0.3) is 22.1 Å². The van der Waals surface area contributed by atoms with Gasteiger partial charge in [0.2, 0.25) is 0 Å². The average Bonchev–Trinajstić information content (AvgIpc) is 3.84. The zero-order chi connectivity index (χ0) is 32.7. The summed E-state index contributed by atoms with van der Waals surface area (Å²) in [5.41, 5.74) is 10.1. The number of nitrogens with one attached hydrogen (secondary N) is 4. The Morgan fingerprint density at radius 3 is 1.51 bits per heavy atom. The number of H-pyrrole nitrogens is 2. The largest absolute Gasteiger partial charge is 0.357 e. The van der Waals surface area contributed by atoms with E-state index in [1.165, 1.54) is 22.4 Å². The Balaban J connectivity index is 1.14. The van der Waals surface area contributed by atoms with Gasteiger partial charge in [-0.15, -0.1) is 0 Å². The number of anilines is 1. The van der Waals surface area contributed by atoms with E-state index in [1.54, 1.807) is 0 Å². The van der Waals surface area contributed by atoms with Gasteiger partial charge in [-0.25, -0.2) is 9.97 Å². The predicted octanol–water partition coefficient (Wildman–Crippen LogP) is 9.23. The fourth-order valence-electron chi connectivity index (χ4n) is 8.45. The smallest absolute Gasteiger partial charge is 0.124 e. The Kier molecular flexibility index (Phi) is 7.12. The first-order valence-corrected chi connectivity index (χ1v) is 17.8. The molecule has 246 valence electrons. The lowest BCUT2D eigenvalue weighted by molar-refractivity contribution is 0.427. The lowest BCUT2D eigenvalue weighted by Crippen LogP contribution is -2.33. The Morgan fingerprint density at radius 1 is 0.638 bits per heavy atom. The maximum absolute atomic E-state index is 5.02. The number of imidazole rings is 2. The predicted molar refractivity (Wildman–Crippen MR) is 193 cm³/mol. The quantitative estimate of drug-likeness (QED) is 0.156. The maximum Gasteiger partial charge on any atom is 0.124 e. The number of hydrogen-bond donors (Lipinski definition) is 4. The van der Waals surface area contributed by atoms with Crippen LogP contribution < -0.4 is 15.5 Å². The highest BCUT2D eigenvalue weighted by molar-refractivity contribution is 5.78. The molecule has 4 N–H and O–H groups in total. The third-order valence-corrected chi connectivity index (χ3v) is 11.1. The van der Waals surface area contributed by atoms with Crippen molar-refractivity contribution in [2.75, 3.05) is 4.90 Å². The van der Waals surface area contributed by atoms with Crippen molar-refractivity contribution >= 4 is 27.8 Å². The molecule has 0 amide bonds. The Hall–Kier alpha value is -3.68. The highest BCUT2D eigenvalue weighted by Crippen LogP contribution is 2.48. The van der Waals surface area contributed by atoms with Gasteiger partial charge in [0.25, 0.3) is 0 Å². The van der Waals surface area contributed by atoms with Gasteiger partial charge in [-0.1, -0.05) is 45.0 Å². The van der Waals surface area contributed by atoms with Gasteiger partial charge < -0.3 is 25.5 Å². The molecule has 3 fully saturated rings. The summed E-state index contributed by atoms with van der Waals surface area (Å²) < 4.78 is 0. The number of fused-ring (bicyclic) bond motifs is 2. The zero-order valence-electron chi connectivity index (χ0n) is 29.2. The van der Waals surface area contributed by atoms with E-state index >= 15 is 0 Å². The van der Waals surface area contributed by atoms with Gasteiger partial charge >= 0.3 is 0 Å². The fraction of sp³-hybridized carbons (Fsp3) is 0.500. The molecular weight excluding hydrogens is 578 g/mol. The minimum absolute atomic E-state index is 0.113. The maximum atomic E-state index is 5.02. The van der Waals surface area contributed by atoms with Crippen LogP contribution >= 0.6 is 0 Å². The minimum Gasteiger partial charge on any atom is -0.357 e. The van der Waals surface area contributed by atoms with Crippen LogP contribution in [0.5, 0.6) is 0 Å². The minimum atomic E-state index is 0.113. The van der Waals surface area contributed by atoms with Crippen molar-refractivity contribution in [3.05, 3.63) is 89.0 Å². The fourth-order valence-corrected chi connectivity index (χ4v) is 8.45. The van der Waals surface area contributed by atoms with Gasteiger partial charge in [-0.2, -0.15) is 0 Å². The van der Waals surface area contributed by atoms with Crippen molar-refractivity contribution in [3.8, 4) is 0 Å². The van der Waals surface area contributed by atoms with Crippen LogP contribution in [0.1, 0.15) is 139 Å². The van der Waals surface area contributed by atoms with E-state index < -0.39 is 0 Å². The van der Waals surface area contributed by atoms with Crippen LogP contribution in [-0.2, 0) is 5.41 Å². The van der Waals surface area contributed by atoms with Crippen LogP contribution in [0.2, 0.25) is 0 Å². The van der Waals surface area contributed by atoms with Crippen molar-refractivity contribution in [1.29, 1.82) is 0 Å². The summed E-state index contributed by atoms with van der Waals surface area (Å²) in [6.45, 7) is 16.0. The monoisotopic (exact) mass is 629 g/mol. The van der Waals surface area contributed by atoms with Crippen LogP contribution in [0.4, 0.5) is 5.69 Å². The Labute approximate surface area is 279 Å². The molecule has 0 unspecified atom stereocenters. The van der Waals surface area contributed by atoms with Crippen LogP contribution in [-0.4, -0.2) is 31.0 Å². The SMILES string of the molecule is CC1(C)CC[C@@H](c2nc3ccc([C@H]4CC[C@H](c5ccc6nc([C@@H]7CCC(C)(C)N7)[nH]c6c5)N4c4ccc(C(C)(C)C)cc4)cc3[nH]2)N1. The molecule has 5 aromatic rings. The van der Waals surface area contributed by atoms with E-state index in [1.807, 2.05) is 0 Å². The van der Waals surface area contributed by atoms with E-state index in [4.69, 9.17) is 9.97 Å². The third kappa shape index (κ3) is 5.76. The molecule has 0 aliphatic carbocycles. The summed E-state index contributed by atoms with van der Waals surface area (Å²) in [5, 5.41) is 7.53. The topological polar surface area (TPSA) is 84.7 Å². The summed E-state index contributed by atoms with van der Waals surface area (Å²) in [6.07, 6.45) is 6.72. The van der Waals surface area contributed by atoms with Gasteiger partial charge in [0.05, 0.1) is 46.2 Å². The molecular formula is C40H51N7. The molecule has 4 atom stereocenters. The molecule has 7 heteroatoms. The second kappa shape index (κ2) is 10.9. The second-order valence-corrected chi connectivity index (χ2v) is 16.8. The number of rotatable bonds is 5. The molecule has 8 rings (SSSR count). The van der Waals surface area contributed by atoms with Crippen LogP contribution in [0.3, 0.4) is 0 Å². The second-order valence-electron chi connectivity index (χ2n) is 16.8. The van der Waals surface area contributed by atoms with Crippen molar-refractivity contribution < 1.29 is 0 Å². The molecule has 3 aliphatic heterocycles. The molecule has 2 aromatic heterocycles. The molecule has 0 radical (unpaired) electrons. The van der Waals surface area contributed by atoms with Crippen molar-refractivity contribution in [2.24, 2.45) is 0 Å². The van der Waals surface area contributed by atoms with Crippen molar-refractivity contribution in [3.63, 3.8) is 0 Å². The van der Waals surface area contributed by atoms with Gasteiger partial charge in [0, 0.05) is 16.8 Å². The van der Waals surface area contributed by atoms with E-state index in [0.29, 0.717) is 0 Å². The summed E-state index contributed by atoms with van der Waals surface area (Å²) >= 11 is 0. The van der Waals surface area contributed by atoms with E-state index in [9.17, 15) is 0 Å². The average molecular weight is 630 g/mol. The number of aromatic amines is 2. The third-order valence-electron chi connectivity index (χ3n) is 11.1. The molecule has 5 heterocycles. The number of benzene rings is 3. The van der Waals surface area contributed by atoms with Gasteiger partial charge in [-0.05, 0) is 125 Å². The summed E-state index contributed by atoms with van der Waals surface area (Å²) in [6, 6.07) is 24.2. The van der Waals surface area contributed by atoms with Crippen molar-refractivity contribution in [1.82, 2.24) is 30.6 Å². The molecule has 3 aromatic carbocycles. The molecule has 0 saturated carbocycles. The molecule has 47 heavy (non-hydrogen) atoms. The molecule has 7 nitrogen and oxygen atoms in total. The summed E-state index contributed by atoms with van der Waals surface area (Å²) in [4.78, 5) is 20.1. The van der Waals surface area contributed by atoms with Crippen LogP contribution in [0.15, 0.2) is 60.7 Å². The summed E-state index contributed by atoms with van der Waals surface area (Å²) in [7, 11) is 0. The molecule has 3 saturated heterocycles. The lowest BCUT2D eigenvalue weighted by Gasteiger charge is -2.34. The highest BCUT2D eigenvalue weighted by Gasteiger charge is 2.37. The van der Waals surface area contributed by atoms with E-state index in [2.05, 4.69) is 135 Å². The van der Waals surface area contributed by atoms with Gasteiger partial charge in [-0.3, -0.25) is 0 Å². The number of nitrogens with zero attached hydrogens (tertiary/aromatic N) is 3. The first-order chi connectivity index (χ1) is 22.3. The first-order valence-electron chi connectivity index (χ1n) is 17.8. The van der Waals surface area contributed by atoms with Crippen LogP contribution in [0, 0.1) is 0 Å². The lowest BCUT2D eigenvalue weighted by atomic mass is 9.87. The number of hydrogen-bond acceptors (Lipinski definition) is 5. The van der Waals surface area contributed by atoms with E-state index in [-0.39, 0.29) is 40.7 Å². The highest BCUT2D eigenvalue weighted by atomic mass is 15.2. The summed E-state index contributed by atoms with van der Waals surface area (Å²) in [5.74, 6) is 2.12. The van der Waals surface area contributed by atoms with Gasteiger partial charge in [0.1, 0.15) is 11.6 Å². The molecule has 3 aliphatic rings. The normalized spacial score (nSPS) is 25.8. The van der Waals surface area contributed by atoms with Gasteiger partial charge in [0.15, 0.2) is 0 Å². The standard InChI is InChI=1S/C40H51N7/c1-38(2,3)26-10-12-27(13-11-26)47-34(24-8-14-28-32(22-24)43-36(41-28)30-18-20-39(4,5)45-30)16-17-35(47)25-9-15-29-33(23-25)44-37(42-29)31-19-21-40(6,7)46-31/h8-15,22-23,30-31,34-35,45-46H,16-21H2,1-7H3,(H,41,43)(H,42,44)/t30-,31-,34+,35+/m0/s1. The van der Waals surface area contributed by atoms with E-state index in [0.717, 1.165) is 72.2 Å². The van der Waals surface area contributed by atoms with Crippen molar-refractivity contribution in [2.45, 2.75) is 128 Å². The zero-order valence-corrected chi connectivity index (χ0v) is 29.2.